The summed E-state index contributed by atoms with van der Waals surface area (Å²) >= 11 is 0. The number of rotatable bonds is 4. The summed E-state index contributed by atoms with van der Waals surface area (Å²) in [5.41, 5.74) is 4.69. The molecule has 0 saturated heterocycles. The van der Waals surface area contributed by atoms with E-state index in [1.54, 1.807) is 30.3 Å². The van der Waals surface area contributed by atoms with E-state index >= 15 is 0 Å². The molecule has 10 aromatic rings. The SMILES string of the molecule is Oc1c(O)c(O)c2c(-c3ccc4oc5ccc6ccccc6c5c4c3)c3c(O)c(O)c(O)c(O)c3c(-c3cc(-c4ccccc4)cc(-c4ccccc4)c3)c2c1O. The van der Waals surface area contributed by atoms with E-state index < -0.39 is 46.0 Å². The van der Waals surface area contributed by atoms with E-state index in [4.69, 9.17) is 4.42 Å². The highest BCUT2D eigenvalue weighted by Crippen LogP contribution is 2.62. The Morgan fingerprint density at radius 2 is 0.719 bits per heavy atom. The molecule has 0 amide bonds. The number of phenols is 8. The van der Waals surface area contributed by atoms with Gasteiger partial charge in [0.05, 0.1) is 0 Å². The van der Waals surface area contributed by atoms with Crippen LogP contribution < -0.4 is 0 Å². The van der Waals surface area contributed by atoms with Gasteiger partial charge in [0.25, 0.3) is 0 Å². The fraction of sp³-hybridized carbons (Fsp3) is 0. The van der Waals surface area contributed by atoms with E-state index in [1.807, 2.05) is 103 Å². The van der Waals surface area contributed by atoms with E-state index in [1.165, 1.54) is 0 Å². The molecule has 0 aliphatic heterocycles. The van der Waals surface area contributed by atoms with Crippen LogP contribution >= 0.6 is 0 Å². The number of aromatic hydroxyl groups is 8. The highest BCUT2D eigenvalue weighted by Gasteiger charge is 2.33. The van der Waals surface area contributed by atoms with Crippen LogP contribution in [-0.4, -0.2) is 40.9 Å². The van der Waals surface area contributed by atoms with Gasteiger partial charge in [-0.2, -0.15) is 0 Å². The number of fused-ring (bicyclic) bond motifs is 7. The van der Waals surface area contributed by atoms with Gasteiger partial charge in [-0.1, -0.05) is 97.1 Å². The van der Waals surface area contributed by atoms with Gasteiger partial charge in [-0.25, -0.2) is 0 Å². The zero-order valence-electron chi connectivity index (χ0n) is 29.7. The Kier molecular flexibility index (Phi) is 7.20. The second kappa shape index (κ2) is 12.2. The summed E-state index contributed by atoms with van der Waals surface area (Å²) < 4.78 is 6.23. The lowest BCUT2D eigenvalue weighted by molar-refractivity contribution is 0.350. The fourth-order valence-electron chi connectivity index (χ4n) is 8.27. The number of hydrogen-bond acceptors (Lipinski definition) is 9. The molecule has 9 aromatic carbocycles. The molecular formula is C48H30O9. The van der Waals surface area contributed by atoms with Crippen molar-refractivity contribution in [1.29, 1.82) is 0 Å². The number of hydrogen-bond donors (Lipinski definition) is 8. The molecule has 9 nitrogen and oxygen atoms in total. The van der Waals surface area contributed by atoms with E-state index in [0.29, 0.717) is 38.8 Å². The third-order valence-corrected chi connectivity index (χ3v) is 10.9. The van der Waals surface area contributed by atoms with Crippen molar-refractivity contribution in [2.45, 2.75) is 0 Å². The molecule has 0 spiro atoms. The van der Waals surface area contributed by atoms with E-state index in [2.05, 4.69) is 0 Å². The molecule has 1 aromatic heterocycles. The zero-order valence-corrected chi connectivity index (χ0v) is 29.7. The van der Waals surface area contributed by atoms with Crippen LogP contribution in [0.15, 0.2) is 138 Å². The first-order valence-corrected chi connectivity index (χ1v) is 18.0. The van der Waals surface area contributed by atoms with Crippen molar-refractivity contribution in [3.63, 3.8) is 0 Å². The molecule has 0 unspecified atom stereocenters. The molecule has 8 N–H and O–H groups in total. The fourth-order valence-corrected chi connectivity index (χ4v) is 8.27. The van der Waals surface area contributed by atoms with Crippen molar-refractivity contribution >= 4 is 54.3 Å². The van der Waals surface area contributed by atoms with E-state index in [-0.39, 0.29) is 32.7 Å². The molecule has 0 radical (unpaired) electrons. The number of benzene rings is 9. The predicted molar refractivity (Wildman–Crippen MR) is 221 cm³/mol. The summed E-state index contributed by atoms with van der Waals surface area (Å²) in [5.74, 6) is -7.56. The van der Waals surface area contributed by atoms with Gasteiger partial charge < -0.3 is 45.3 Å². The Balaban J connectivity index is 1.42. The predicted octanol–water partition coefficient (Wildman–Crippen LogP) is 11.4. The molecule has 57 heavy (non-hydrogen) atoms. The summed E-state index contributed by atoms with van der Waals surface area (Å²) in [6.45, 7) is 0. The highest BCUT2D eigenvalue weighted by atomic mass is 16.4. The van der Waals surface area contributed by atoms with Crippen LogP contribution in [0.1, 0.15) is 0 Å². The third kappa shape index (κ3) is 4.82. The van der Waals surface area contributed by atoms with Crippen LogP contribution in [0.25, 0.3) is 98.8 Å². The van der Waals surface area contributed by atoms with Gasteiger partial charge in [-0.05, 0) is 80.6 Å². The highest BCUT2D eigenvalue weighted by molar-refractivity contribution is 6.30. The van der Waals surface area contributed by atoms with Crippen molar-refractivity contribution in [2.24, 2.45) is 0 Å². The minimum absolute atomic E-state index is 0.0363. The molecule has 0 fully saturated rings. The lowest BCUT2D eigenvalue weighted by Crippen LogP contribution is -1.95. The van der Waals surface area contributed by atoms with Crippen LogP contribution in [0, 0.1) is 0 Å². The summed E-state index contributed by atoms with van der Waals surface area (Å²) in [4.78, 5) is 0. The average molecular weight is 751 g/mol. The van der Waals surface area contributed by atoms with Crippen molar-refractivity contribution in [1.82, 2.24) is 0 Å². The van der Waals surface area contributed by atoms with Crippen LogP contribution in [0.5, 0.6) is 46.0 Å². The van der Waals surface area contributed by atoms with E-state index in [9.17, 15) is 40.9 Å². The first-order valence-electron chi connectivity index (χ1n) is 18.0. The largest absolute Gasteiger partial charge is 0.504 e. The Morgan fingerprint density at radius 3 is 1.25 bits per heavy atom. The molecule has 0 bridgehead atoms. The maximum absolute atomic E-state index is 11.9. The molecule has 276 valence electrons. The van der Waals surface area contributed by atoms with Crippen molar-refractivity contribution in [2.75, 3.05) is 0 Å². The Bertz CT molecular complexity index is 3180. The third-order valence-electron chi connectivity index (χ3n) is 10.9. The molecule has 9 heteroatoms. The summed E-state index contributed by atoms with van der Waals surface area (Å²) in [6.07, 6.45) is 0. The Labute approximate surface area is 322 Å². The molecule has 0 saturated carbocycles. The quantitative estimate of drug-likeness (QED) is 0.0494. The second-order valence-electron chi connectivity index (χ2n) is 14.0. The minimum Gasteiger partial charge on any atom is -0.504 e. The van der Waals surface area contributed by atoms with Crippen LogP contribution in [0.2, 0.25) is 0 Å². The average Bonchev–Trinajstić information content (AvgIpc) is 3.64. The van der Waals surface area contributed by atoms with Gasteiger partial charge >= 0.3 is 0 Å². The summed E-state index contributed by atoms with van der Waals surface area (Å²) in [6, 6.07) is 41.0. The molecule has 1 heterocycles. The first kappa shape index (κ1) is 33.5. The van der Waals surface area contributed by atoms with Gasteiger partial charge in [0, 0.05) is 43.4 Å². The van der Waals surface area contributed by atoms with Gasteiger partial charge in [-0.15, -0.1) is 0 Å². The number of furan rings is 1. The minimum atomic E-state index is -1.04. The van der Waals surface area contributed by atoms with Gasteiger partial charge in [-0.3, -0.25) is 0 Å². The topological polar surface area (TPSA) is 175 Å². The Morgan fingerprint density at radius 1 is 0.281 bits per heavy atom. The van der Waals surface area contributed by atoms with Crippen LogP contribution in [0.4, 0.5) is 0 Å². The smallest absolute Gasteiger partial charge is 0.204 e. The van der Waals surface area contributed by atoms with Crippen molar-refractivity contribution < 1.29 is 45.3 Å². The molecular weight excluding hydrogens is 721 g/mol. The van der Waals surface area contributed by atoms with E-state index in [0.717, 1.165) is 27.3 Å². The Hall–Kier alpha value is -8.04. The molecule has 0 atom stereocenters. The maximum atomic E-state index is 11.9. The van der Waals surface area contributed by atoms with Crippen LogP contribution in [-0.2, 0) is 0 Å². The van der Waals surface area contributed by atoms with Crippen molar-refractivity contribution in [3.8, 4) is 90.5 Å². The molecule has 10 rings (SSSR count). The molecule has 0 aliphatic rings. The number of phenolic OH excluding ortho intramolecular Hbond substituents is 8. The van der Waals surface area contributed by atoms with Crippen LogP contribution in [0.3, 0.4) is 0 Å². The maximum Gasteiger partial charge on any atom is 0.204 e. The zero-order chi connectivity index (χ0) is 39.3. The standard InChI is InChI=1S/C48H30O9/c49-41-37-34(26-16-17-32-31(22-26)36-30-14-8-7-13-25(30)15-18-33(36)57-32)38-40(44(52)48(56)46(54)42(38)50)35(39(37)43(51)47(55)45(41)53)29-20-27(23-9-3-1-4-10-23)19-28(21-29)24-11-5-2-6-12-24/h1-22,49-56H. The normalized spacial score (nSPS) is 11.7. The lowest BCUT2D eigenvalue weighted by atomic mass is 9.82. The van der Waals surface area contributed by atoms with Crippen molar-refractivity contribution in [3.05, 3.63) is 133 Å². The monoisotopic (exact) mass is 750 g/mol. The second-order valence-corrected chi connectivity index (χ2v) is 14.0. The van der Waals surface area contributed by atoms with Gasteiger partial charge in [0.15, 0.2) is 23.0 Å². The molecule has 0 aliphatic carbocycles. The van der Waals surface area contributed by atoms with Gasteiger partial charge in [0.1, 0.15) is 11.2 Å². The van der Waals surface area contributed by atoms with Gasteiger partial charge in [0.2, 0.25) is 23.0 Å². The summed E-state index contributed by atoms with van der Waals surface area (Å²) in [5, 5.41) is 94.4. The summed E-state index contributed by atoms with van der Waals surface area (Å²) in [7, 11) is 0. The first-order chi connectivity index (χ1) is 27.6. The lowest BCUT2D eigenvalue weighted by Gasteiger charge is -2.23.